The molecule has 0 saturated heterocycles. The van der Waals surface area contributed by atoms with Gasteiger partial charge in [-0.15, -0.1) is 0 Å². The van der Waals surface area contributed by atoms with Gasteiger partial charge in [0.25, 0.3) is 0 Å². The zero-order chi connectivity index (χ0) is 36.0. The lowest BCUT2D eigenvalue weighted by Crippen LogP contribution is -2.00. The molecule has 0 N–H and O–H groups in total. The largest absolute Gasteiger partial charge is 0.456 e. The number of fused-ring (bicyclic) bond motifs is 13. The molecule has 0 aliphatic carbocycles. The Bertz CT molecular complexity index is 3390. The molecule has 0 amide bonds. The minimum atomic E-state index is 0.611. The van der Waals surface area contributed by atoms with Crippen LogP contribution in [0.15, 0.2) is 180 Å². The van der Waals surface area contributed by atoms with Gasteiger partial charge < -0.3 is 4.42 Å². The molecule has 4 nitrogen and oxygen atoms in total. The third-order valence-electron chi connectivity index (χ3n) is 11.3. The molecule has 0 bridgehead atoms. The number of rotatable bonds is 3. The molecule has 4 heteroatoms. The Morgan fingerprint density at radius 1 is 0.255 bits per heavy atom. The highest BCUT2D eigenvalue weighted by molar-refractivity contribution is 6.19. The Kier molecular flexibility index (Phi) is 6.31. The maximum absolute atomic E-state index is 6.18. The lowest BCUT2D eigenvalue weighted by molar-refractivity contribution is 0.669. The number of aromatic nitrogens is 3. The maximum Gasteiger partial charge on any atom is 0.164 e. The second-order valence-electron chi connectivity index (χ2n) is 14.4. The summed E-state index contributed by atoms with van der Waals surface area (Å²) in [6.45, 7) is 0. The van der Waals surface area contributed by atoms with E-state index in [1.165, 1.54) is 64.6 Å². The summed E-state index contributed by atoms with van der Waals surface area (Å²) in [7, 11) is 0. The lowest BCUT2D eigenvalue weighted by Gasteiger charge is -2.12. The van der Waals surface area contributed by atoms with Crippen molar-refractivity contribution in [2.45, 2.75) is 0 Å². The quantitative estimate of drug-likeness (QED) is 0.172. The molecule has 0 atom stereocenters. The van der Waals surface area contributed by atoms with Crippen molar-refractivity contribution in [1.29, 1.82) is 0 Å². The Morgan fingerprint density at radius 3 is 1.15 bits per heavy atom. The molecule has 12 rings (SSSR count). The smallest absolute Gasteiger partial charge is 0.164 e. The summed E-state index contributed by atoms with van der Waals surface area (Å²) in [5.74, 6) is 1.86. The fourth-order valence-electron chi connectivity index (χ4n) is 8.54. The zero-order valence-electron chi connectivity index (χ0n) is 29.5. The Labute approximate surface area is 315 Å². The zero-order valence-corrected chi connectivity index (χ0v) is 29.5. The van der Waals surface area contributed by atoms with Crippen LogP contribution in [0.4, 0.5) is 0 Å². The van der Waals surface area contributed by atoms with Crippen LogP contribution in [0.5, 0.6) is 0 Å². The normalized spacial score (nSPS) is 12.0. The van der Waals surface area contributed by atoms with Crippen molar-refractivity contribution in [3.05, 3.63) is 176 Å². The van der Waals surface area contributed by atoms with Gasteiger partial charge in [0.1, 0.15) is 11.2 Å². The van der Waals surface area contributed by atoms with Crippen LogP contribution in [-0.4, -0.2) is 15.0 Å². The van der Waals surface area contributed by atoms with E-state index in [1.54, 1.807) is 0 Å². The van der Waals surface area contributed by atoms with Crippen molar-refractivity contribution in [2.24, 2.45) is 0 Å². The van der Waals surface area contributed by atoms with Gasteiger partial charge in [-0.25, -0.2) is 15.0 Å². The highest BCUT2D eigenvalue weighted by Gasteiger charge is 2.17. The van der Waals surface area contributed by atoms with E-state index in [9.17, 15) is 0 Å². The van der Waals surface area contributed by atoms with E-state index in [0.717, 1.165) is 38.6 Å². The molecule has 2 aromatic heterocycles. The molecule has 0 fully saturated rings. The molecule has 12 aromatic rings. The van der Waals surface area contributed by atoms with Crippen molar-refractivity contribution in [3.8, 4) is 34.2 Å². The van der Waals surface area contributed by atoms with E-state index in [2.05, 4.69) is 146 Å². The number of hydrogen-bond donors (Lipinski definition) is 0. The molecule has 0 aliphatic heterocycles. The first kappa shape index (κ1) is 30.1. The van der Waals surface area contributed by atoms with E-state index < -0.39 is 0 Å². The average molecular weight is 700 g/mol. The SMILES string of the molecule is c1ccc2c(c1)ccc1c3cc(-c4nc(-c5ccc6ccc7c8ccccc8ccc7c6c5)nc(-c5ccc6oc7ccccc7c6c5)n4)ccc3ccc21. The van der Waals surface area contributed by atoms with Crippen molar-refractivity contribution >= 4 is 86.6 Å². The minimum absolute atomic E-state index is 0.611. The first-order valence-electron chi connectivity index (χ1n) is 18.6. The molecular weight excluding hydrogens is 671 g/mol. The molecule has 0 spiro atoms. The number of hydrogen-bond acceptors (Lipinski definition) is 4. The van der Waals surface area contributed by atoms with Gasteiger partial charge in [0.15, 0.2) is 17.5 Å². The van der Waals surface area contributed by atoms with Crippen LogP contribution >= 0.6 is 0 Å². The van der Waals surface area contributed by atoms with Gasteiger partial charge in [-0.05, 0) is 101 Å². The highest BCUT2D eigenvalue weighted by atomic mass is 16.3. The third kappa shape index (κ3) is 4.68. The maximum atomic E-state index is 6.18. The van der Waals surface area contributed by atoms with Crippen LogP contribution in [0.1, 0.15) is 0 Å². The molecular formula is C51H29N3O. The number of benzene rings is 10. The van der Waals surface area contributed by atoms with Gasteiger partial charge in [0, 0.05) is 27.5 Å². The predicted octanol–water partition coefficient (Wildman–Crippen LogP) is 13.7. The fraction of sp³-hybridized carbons (Fsp3) is 0. The van der Waals surface area contributed by atoms with Crippen molar-refractivity contribution in [1.82, 2.24) is 15.0 Å². The summed E-state index contributed by atoms with van der Waals surface area (Å²) in [5.41, 5.74) is 4.47. The second kappa shape index (κ2) is 11.5. The number of nitrogens with zero attached hydrogens (tertiary/aromatic N) is 3. The molecule has 0 radical (unpaired) electrons. The first-order valence-corrected chi connectivity index (χ1v) is 18.6. The summed E-state index contributed by atoms with van der Waals surface area (Å²) >= 11 is 0. The Morgan fingerprint density at radius 2 is 0.618 bits per heavy atom. The summed E-state index contributed by atoms with van der Waals surface area (Å²) in [6, 6.07) is 62.4. The van der Waals surface area contributed by atoms with Crippen molar-refractivity contribution in [2.75, 3.05) is 0 Å². The molecule has 55 heavy (non-hydrogen) atoms. The predicted molar refractivity (Wildman–Crippen MR) is 228 cm³/mol. The van der Waals surface area contributed by atoms with Crippen LogP contribution in [-0.2, 0) is 0 Å². The molecule has 10 aromatic carbocycles. The van der Waals surface area contributed by atoms with Crippen LogP contribution < -0.4 is 0 Å². The monoisotopic (exact) mass is 699 g/mol. The summed E-state index contributed by atoms with van der Waals surface area (Å²) in [4.78, 5) is 15.6. The standard InChI is InChI=1S/C51H29N3O/c1-3-9-37-30(7-1)17-24-41-39(37)22-19-32-13-15-34(27-44(32)41)49-52-50(54-51(53-49)36-21-26-48-46(29-36)43-11-5-6-12-47(43)55-48)35-16-14-33-20-23-40-38-10-4-2-8-31(38)18-25-42(40)45(33)28-35/h1-29H. The van der Waals surface area contributed by atoms with E-state index in [4.69, 9.17) is 19.4 Å². The molecule has 0 aliphatic rings. The Balaban J connectivity index is 1.09. The van der Waals surface area contributed by atoms with E-state index in [0.29, 0.717) is 17.5 Å². The van der Waals surface area contributed by atoms with E-state index in [-0.39, 0.29) is 0 Å². The topological polar surface area (TPSA) is 51.8 Å². The summed E-state index contributed by atoms with van der Waals surface area (Å²) < 4.78 is 6.18. The van der Waals surface area contributed by atoms with E-state index >= 15 is 0 Å². The summed E-state index contributed by atoms with van der Waals surface area (Å²) in [5, 5.41) is 16.6. The molecule has 0 unspecified atom stereocenters. The number of furan rings is 1. The van der Waals surface area contributed by atoms with Gasteiger partial charge in [-0.1, -0.05) is 140 Å². The van der Waals surface area contributed by atoms with Crippen LogP contribution in [0.2, 0.25) is 0 Å². The molecule has 0 saturated carbocycles. The Hall–Kier alpha value is -7.43. The fourth-order valence-corrected chi connectivity index (χ4v) is 8.54. The van der Waals surface area contributed by atoms with Crippen LogP contribution in [0.3, 0.4) is 0 Å². The van der Waals surface area contributed by atoms with Gasteiger partial charge in [-0.3, -0.25) is 0 Å². The van der Waals surface area contributed by atoms with Gasteiger partial charge in [0.05, 0.1) is 0 Å². The van der Waals surface area contributed by atoms with Crippen LogP contribution in [0, 0.1) is 0 Å². The van der Waals surface area contributed by atoms with E-state index in [1.807, 2.05) is 30.3 Å². The minimum Gasteiger partial charge on any atom is -0.456 e. The van der Waals surface area contributed by atoms with Crippen molar-refractivity contribution in [3.63, 3.8) is 0 Å². The average Bonchev–Trinajstić information content (AvgIpc) is 3.63. The summed E-state index contributed by atoms with van der Waals surface area (Å²) in [6.07, 6.45) is 0. The second-order valence-corrected chi connectivity index (χ2v) is 14.4. The van der Waals surface area contributed by atoms with Gasteiger partial charge >= 0.3 is 0 Å². The lowest BCUT2D eigenvalue weighted by atomic mass is 9.95. The van der Waals surface area contributed by atoms with Crippen LogP contribution in [0.25, 0.3) is 121 Å². The molecule has 254 valence electrons. The third-order valence-corrected chi connectivity index (χ3v) is 11.3. The highest BCUT2D eigenvalue weighted by Crippen LogP contribution is 2.37. The van der Waals surface area contributed by atoms with Crippen molar-refractivity contribution < 1.29 is 4.42 Å². The first-order chi connectivity index (χ1) is 27.2. The molecule has 2 heterocycles. The number of para-hydroxylation sites is 1. The van der Waals surface area contributed by atoms with Gasteiger partial charge in [0.2, 0.25) is 0 Å². The van der Waals surface area contributed by atoms with Gasteiger partial charge in [-0.2, -0.15) is 0 Å².